The van der Waals surface area contributed by atoms with Gasteiger partial charge < -0.3 is 10.6 Å². The minimum atomic E-state index is 0.481. The molecule has 0 spiro atoms. The van der Waals surface area contributed by atoms with Crippen molar-refractivity contribution in [3.8, 4) is 0 Å². The molecule has 3 rings (SSSR count). The summed E-state index contributed by atoms with van der Waals surface area (Å²) < 4.78 is 0. The lowest BCUT2D eigenvalue weighted by atomic mass is 9.81. The molecule has 0 radical (unpaired) electrons. The summed E-state index contributed by atoms with van der Waals surface area (Å²) in [5, 5.41) is 0. The molecule has 18 heavy (non-hydrogen) atoms. The van der Waals surface area contributed by atoms with Gasteiger partial charge in [0.2, 0.25) is 0 Å². The number of hydrogen-bond acceptors (Lipinski definition) is 3. The van der Waals surface area contributed by atoms with Crippen molar-refractivity contribution in [3.05, 3.63) is 0 Å². The van der Waals surface area contributed by atoms with E-state index in [9.17, 15) is 0 Å². The Balaban J connectivity index is 1.58. The summed E-state index contributed by atoms with van der Waals surface area (Å²) in [7, 11) is 2.25. The zero-order valence-electron chi connectivity index (χ0n) is 11.9. The van der Waals surface area contributed by atoms with Crippen molar-refractivity contribution in [2.75, 3.05) is 26.7 Å². The van der Waals surface area contributed by atoms with Crippen LogP contribution in [0.1, 0.15) is 44.9 Å². The smallest absolute Gasteiger partial charge is 0.0113 e. The maximum Gasteiger partial charge on any atom is 0.0113 e. The summed E-state index contributed by atoms with van der Waals surface area (Å²) in [5.41, 5.74) is 6.21. The van der Waals surface area contributed by atoms with Gasteiger partial charge >= 0.3 is 0 Å². The third-order valence-electron chi connectivity index (χ3n) is 5.47. The van der Waals surface area contributed by atoms with Crippen molar-refractivity contribution < 1.29 is 0 Å². The first kappa shape index (κ1) is 12.9. The summed E-state index contributed by atoms with van der Waals surface area (Å²) in [6, 6.07) is 2.10. The summed E-state index contributed by atoms with van der Waals surface area (Å²) in [4.78, 5) is 5.33. The highest BCUT2D eigenvalue weighted by molar-refractivity contribution is 4.94. The molecule has 0 aromatic rings. The molecule has 0 saturated carbocycles. The SMILES string of the molecule is CN1CCC(CN2C3CCCC2CC(N)C3)CC1. The van der Waals surface area contributed by atoms with E-state index in [1.54, 1.807) is 0 Å². The maximum atomic E-state index is 6.21. The van der Waals surface area contributed by atoms with E-state index in [-0.39, 0.29) is 0 Å². The Morgan fingerprint density at radius 3 is 2.22 bits per heavy atom. The fraction of sp³-hybridized carbons (Fsp3) is 1.00. The van der Waals surface area contributed by atoms with Gasteiger partial charge in [0.1, 0.15) is 0 Å². The third kappa shape index (κ3) is 2.73. The number of rotatable bonds is 2. The van der Waals surface area contributed by atoms with Crippen LogP contribution >= 0.6 is 0 Å². The average Bonchev–Trinajstić information content (AvgIpc) is 2.33. The van der Waals surface area contributed by atoms with E-state index in [0.29, 0.717) is 6.04 Å². The summed E-state index contributed by atoms with van der Waals surface area (Å²) in [5.74, 6) is 0.943. The molecule has 104 valence electrons. The Kier molecular flexibility index (Phi) is 3.92. The molecular weight excluding hydrogens is 222 g/mol. The first-order valence-electron chi connectivity index (χ1n) is 7.92. The van der Waals surface area contributed by atoms with Crippen LogP contribution in [0.15, 0.2) is 0 Å². The predicted molar refractivity (Wildman–Crippen MR) is 75.6 cm³/mol. The van der Waals surface area contributed by atoms with E-state index < -0.39 is 0 Å². The third-order valence-corrected chi connectivity index (χ3v) is 5.47. The highest BCUT2D eigenvalue weighted by Gasteiger charge is 2.37. The lowest BCUT2D eigenvalue weighted by Crippen LogP contribution is -2.56. The van der Waals surface area contributed by atoms with E-state index >= 15 is 0 Å². The molecule has 2 N–H and O–H groups in total. The Hall–Kier alpha value is -0.120. The number of likely N-dealkylation sites (tertiary alicyclic amines) is 1. The minimum Gasteiger partial charge on any atom is -0.328 e. The first-order valence-corrected chi connectivity index (χ1v) is 7.92. The van der Waals surface area contributed by atoms with Gasteiger partial charge in [-0.3, -0.25) is 4.90 Å². The van der Waals surface area contributed by atoms with Crippen LogP contribution in [0, 0.1) is 5.92 Å². The van der Waals surface area contributed by atoms with Gasteiger partial charge in [-0.1, -0.05) is 6.42 Å². The Labute approximate surface area is 112 Å². The molecule has 3 fully saturated rings. The van der Waals surface area contributed by atoms with E-state index in [4.69, 9.17) is 5.73 Å². The highest BCUT2D eigenvalue weighted by Crippen LogP contribution is 2.35. The zero-order chi connectivity index (χ0) is 12.5. The number of nitrogens with zero attached hydrogens (tertiary/aromatic N) is 2. The van der Waals surface area contributed by atoms with E-state index in [1.165, 1.54) is 64.6 Å². The minimum absolute atomic E-state index is 0.481. The van der Waals surface area contributed by atoms with E-state index in [2.05, 4.69) is 16.8 Å². The van der Waals surface area contributed by atoms with Crippen LogP contribution in [-0.2, 0) is 0 Å². The van der Waals surface area contributed by atoms with Gasteiger partial charge in [-0.2, -0.15) is 0 Å². The Bertz CT molecular complexity index is 259. The van der Waals surface area contributed by atoms with Gasteiger partial charge in [-0.05, 0) is 64.6 Å². The fourth-order valence-corrected chi connectivity index (χ4v) is 4.36. The average molecular weight is 251 g/mol. The maximum absolute atomic E-state index is 6.21. The normalized spacial score (nSPS) is 40.0. The molecule has 2 unspecified atom stereocenters. The monoisotopic (exact) mass is 251 g/mol. The molecule has 2 bridgehead atoms. The van der Waals surface area contributed by atoms with Crippen molar-refractivity contribution in [1.29, 1.82) is 0 Å². The summed E-state index contributed by atoms with van der Waals surface area (Å²) in [6.07, 6.45) is 9.54. The molecule has 3 saturated heterocycles. The second-order valence-electron chi connectivity index (χ2n) is 6.91. The number of hydrogen-bond donors (Lipinski definition) is 1. The van der Waals surface area contributed by atoms with Crippen LogP contribution in [0.25, 0.3) is 0 Å². The van der Waals surface area contributed by atoms with Crippen molar-refractivity contribution >= 4 is 0 Å². The van der Waals surface area contributed by atoms with Gasteiger partial charge in [-0.25, -0.2) is 0 Å². The first-order chi connectivity index (χ1) is 8.72. The quantitative estimate of drug-likeness (QED) is 0.810. The topological polar surface area (TPSA) is 32.5 Å². The highest BCUT2D eigenvalue weighted by atomic mass is 15.2. The second-order valence-corrected chi connectivity index (χ2v) is 6.91. The standard InChI is InChI=1S/C15H29N3/c1-17-7-5-12(6-8-17)11-18-14-3-2-4-15(18)10-13(16)9-14/h12-15H,2-11,16H2,1H3. The zero-order valence-corrected chi connectivity index (χ0v) is 11.9. The predicted octanol–water partition coefficient (Wildman–Crippen LogP) is 1.67. The largest absolute Gasteiger partial charge is 0.328 e. The summed E-state index contributed by atoms with van der Waals surface area (Å²) in [6.45, 7) is 3.95. The Morgan fingerprint density at radius 1 is 1.00 bits per heavy atom. The van der Waals surface area contributed by atoms with Crippen molar-refractivity contribution in [2.24, 2.45) is 11.7 Å². The van der Waals surface area contributed by atoms with Crippen molar-refractivity contribution in [1.82, 2.24) is 9.80 Å². The van der Waals surface area contributed by atoms with Gasteiger partial charge in [0.05, 0.1) is 0 Å². The van der Waals surface area contributed by atoms with Crippen LogP contribution in [0.4, 0.5) is 0 Å². The van der Waals surface area contributed by atoms with Crippen LogP contribution in [-0.4, -0.2) is 54.6 Å². The van der Waals surface area contributed by atoms with Crippen LogP contribution in [0.5, 0.6) is 0 Å². The molecule has 0 aliphatic carbocycles. The van der Waals surface area contributed by atoms with Crippen LogP contribution < -0.4 is 5.73 Å². The molecule has 0 aromatic heterocycles. The van der Waals surface area contributed by atoms with Crippen molar-refractivity contribution in [3.63, 3.8) is 0 Å². The molecule has 0 aromatic carbocycles. The van der Waals surface area contributed by atoms with Crippen LogP contribution in [0.3, 0.4) is 0 Å². The number of fused-ring (bicyclic) bond motifs is 2. The molecule has 3 aliphatic rings. The molecule has 2 atom stereocenters. The van der Waals surface area contributed by atoms with E-state index in [1.807, 2.05) is 0 Å². The van der Waals surface area contributed by atoms with E-state index in [0.717, 1.165) is 18.0 Å². The number of nitrogens with two attached hydrogens (primary N) is 1. The molecule has 3 aliphatic heterocycles. The number of piperidine rings is 3. The fourth-order valence-electron chi connectivity index (χ4n) is 4.36. The van der Waals surface area contributed by atoms with Gasteiger partial charge in [0, 0.05) is 24.7 Å². The molecule has 0 amide bonds. The van der Waals surface area contributed by atoms with Gasteiger partial charge in [0.25, 0.3) is 0 Å². The molecular formula is C15H29N3. The molecule has 3 heteroatoms. The summed E-state index contributed by atoms with van der Waals surface area (Å²) >= 11 is 0. The molecule has 3 nitrogen and oxygen atoms in total. The van der Waals surface area contributed by atoms with Gasteiger partial charge in [-0.15, -0.1) is 0 Å². The Morgan fingerprint density at radius 2 is 1.61 bits per heavy atom. The molecule has 3 heterocycles. The lowest BCUT2D eigenvalue weighted by Gasteiger charge is -2.50. The van der Waals surface area contributed by atoms with Crippen molar-refractivity contribution in [2.45, 2.75) is 63.1 Å². The lowest BCUT2D eigenvalue weighted by molar-refractivity contribution is 0.0104. The second kappa shape index (κ2) is 5.48. The van der Waals surface area contributed by atoms with Gasteiger partial charge in [0.15, 0.2) is 0 Å². The van der Waals surface area contributed by atoms with Crippen LogP contribution in [0.2, 0.25) is 0 Å².